The number of carbonyl (C=O) groups excluding carboxylic acids is 1. The smallest absolute Gasteiger partial charge is 0.328 e. The summed E-state index contributed by atoms with van der Waals surface area (Å²) in [6.07, 6.45) is 6.59. The third-order valence-electron chi connectivity index (χ3n) is 4.55. The molecule has 10 nitrogen and oxygen atoms in total. The number of aromatic nitrogens is 5. The summed E-state index contributed by atoms with van der Waals surface area (Å²) in [5, 5.41) is 9.13. The van der Waals surface area contributed by atoms with Crippen molar-refractivity contribution in [2.75, 3.05) is 17.7 Å². The highest BCUT2D eigenvalue weighted by molar-refractivity contribution is 5.92. The Hall–Kier alpha value is -3.95. The second-order valence-corrected chi connectivity index (χ2v) is 6.70. The van der Waals surface area contributed by atoms with Gasteiger partial charge in [0, 0.05) is 24.3 Å². The summed E-state index contributed by atoms with van der Waals surface area (Å²) < 4.78 is 6.76. The number of amides is 1. The molecule has 1 aliphatic carbocycles. The monoisotopic (exact) mass is 390 g/mol. The van der Waals surface area contributed by atoms with E-state index in [0.29, 0.717) is 28.8 Å². The molecule has 0 spiro atoms. The molecule has 0 bridgehead atoms. The maximum atomic E-state index is 12.5. The number of imidazole rings is 1. The van der Waals surface area contributed by atoms with E-state index in [0.717, 1.165) is 24.1 Å². The minimum Gasteiger partial charge on any atom is -0.445 e. The topological polar surface area (TPSA) is 123 Å². The Morgan fingerprint density at radius 3 is 2.90 bits per heavy atom. The van der Waals surface area contributed by atoms with Crippen LogP contribution in [0.5, 0.6) is 0 Å². The molecule has 1 aliphatic rings. The molecule has 10 heteroatoms. The fourth-order valence-corrected chi connectivity index (χ4v) is 2.98. The van der Waals surface area contributed by atoms with Crippen LogP contribution in [0.2, 0.25) is 0 Å². The number of nitrogens with zero attached hydrogens (tertiary/aromatic N) is 5. The van der Waals surface area contributed by atoms with Crippen LogP contribution < -0.4 is 16.0 Å². The minimum absolute atomic E-state index is 0.237. The molecule has 3 N–H and O–H groups in total. The quantitative estimate of drug-likeness (QED) is 0.475. The molecule has 5 rings (SSSR count). The second kappa shape index (κ2) is 6.89. The molecule has 1 amide bonds. The number of nitrogens with one attached hydrogen (secondary N) is 3. The first-order chi connectivity index (χ1) is 14.2. The molecule has 3 heterocycles. The molecule has 1 fully saturated rings. The van der Waals surface area contributed by atoms with Gasteiger partial charge >= 0.3 is 6.03 Å². The van der Waals surface area contributed by atoms with Gasteiger partial charge in [0.05, 0.1) is 6.20 Å². The summed E-state index contributed by atoms with van der Waals surface area (Å²) >= 11 is 0. The third-order valence-corrected chi connectivity index (χ3v) is 4.55. The molecule has 146 valence electrons. The van der Waals surface area contributed by atoms with Crippen molar-refractivity contribution in [3.8, 4) is 11.5 Å². The van der Waals surface area contributed by atoms with Crippen molar-refractivity contribution in [2.24, 2.45) is 0 Å². The van der Waals surface area contributed by atoms with Gasteiger partial charge in [-0.15, -0.1) is 0 Å². The molecular weight excluding hydrogens is 372 g/mol. The zero-order valence-electron chi connectivity index (χ0n) is 15.6. The lowest BCUT2D eigenvalue weighted by Crippen LogP contribution is -2.30. The van der Waals surface area contributed by atoms with Crippen LogP contribution in [0.4, 0.5) is 22.2 Å². The van der Waals surface area contributed by atoms with E-state index in [4.69, 9.17) is 4.42 Å². The van der Waals surface area contributed by atoms with Crippen LogP contribution in [0.3, 0.4) is 0 Å². The van der Waals surface area contributed by atoms with Crippen LogP contribution in [0.1, 0.15) is 12.8 Å². The zero-order chi connectivity index (χ0) is 19.8. The van der Waals surface area contributed by atoms with Gasteiger partial charge in [0.1, 0.15) is 12.6 Å². The largest absolute Gasteiger partial charge is 0.445 e. The Kier molecular flexibility index (Phi) is 4.08. The minimum atomic E-state index is -0.243. The Labute approximate surface area is 165 Å². The van der Waals surface area contributed by atoms with Gasteiger partial charge in [-0.1, -0.05) is 6.07 Å². The fraction of sp³-hybridized carbons (Fsp3) is 0.211. The summed E-state index contributed by atoms with van der Waals surface area (Å²) in [7, 11) is 1.75. The SMILES string of the molecule is CNc1nc(Nc2cccc(-c3ncco3)c2)nc2c1ncn2C(=O)NC1CC1. The summed E-state index contributed by atoms with van der Waals surface area (Å²) in [5.74, 6) is 1.39. The maximum absolute atomic E-state index is 12.5. The predicted octanol–water partition coefficient (Wildman–Crippen LogP) is 2.99. The number of oxazole rings is 1. The van der Waals surface area contributed by atoms with E-state index >= 15 is 0 Å². The fourth-order valence-electron chi connectivity index (χ4n) is 2.98. The summed E-state index contributed by atoms with van der Waals surface area (Å²) in [6.45, 7) is 0. The highest BCUT2D eigenvalue weighted by Gasteiger charge is 2.25. The van der Waals surface area contributed by atoms with Crippen LogP contribution >= 0.6 is 0 Å². The zero-order valence-corrected chi connectivity index (χ0v) is 15.6. The molecule has 0 radical (unpaired) electrons. The Bertz CT molecular complexity index is 1180. The lowest BCUT2D eigenvalue weighted by atomic mass is 10.2. The number of benzene rings is 1. The van der Waals surface area contributed by atoms with E-state index in [9.17, 15) is 4.79 Å². The molecule has 0 saturated heterocycles. The van der Waals surface area contributed by atoms with Gasteiger partial charge in [-0.05, 0) is 31.0 Å². The molecule has 0 aliphatic heterocycles. The van der Waals surface area contributed by atoms with Gasteiger partial charge in [-0.25, -0.2) is 19.3 Å². The predicted molar refractivity (Wildman–Crippen MR) is 107 cm³/mol. The van der Waals surface area contributed by atoms with Crippen molar-refractivity contribution >= 4 is 34.6 Å². The van der Waals surface area contributed by atoms with Crippen molar-refractivity contribution in [3.63, 3.8) is 0 Å². The number of fused-ring (bicyclic) bond motifs is 1. The summed E-state index contributed by atoms with van der Waals surface area (Å²) in [5.41, 5.74) is 2.53. The van der Waals surface area contributed by atoms with Crippen LogP contribution in [0.15, 0.2) is 47.5 Å². The number of rotatable bonds is 5. The van der Waals surface area contributed by atoms with E-state index in [1.54, 1.807) is 13.2 Å². The first-order valence-corrected chi connectivity index (χ1v) is 9.22. The van der Waals surface area contributed by atoms with Gasteiger partial charge in [0.15, 0.2) is 17.0 Å². The maximum Gasteiger partial charge on any atom is 0.328 e. The van der Waals surface area contributed by atoms with E-state index < -0.39 is 0 Å². The van der Waals surface area contributed by atoms with Crippen molar-refractivity contribution in [1.82, 2.24) is 29.8 Å². The first kappa shape index (κ1) is 17.2. The van der Waals surface area contributed by atoms with Crippen molar-refractivity contribution in [1.29, 1.82) is 0 Å². The van der Waals surface area contributed by atoms with Gasteiger partial charge in [-0.3, -0.25) is 0 Å². The van der Waals surface area contributed by atoms with Gasteiger partial charge in [-0.2, -0.15) is 9.97 Å². The Balaban J connectivity index is 1.50. The van der Waals surface area contributed by atoms with E-state index in [2.05, 4.69) is 35.9 Å². The standard InChI is InChI=1S/C19H18N8O2/c1-20-15-14-16(27(10-22-14)19(28)24-12-5-6-12)26-18(25-15)23-13-4-2-3-11(9-13)17-21-7-8-29-17/h2-4,7-10,12H,5-6H2,1H3,(H,24,28)(H2,20,23,25,26). The molecule has 4 aromatic rings. The molecule has 1 aromatic carbocycles. The van der Waals surface area contributed by atoms with E-state index in [1.165, 1.54) is 17.2 Å². The average molecular weight is 390 g/mol. The second-order valence-electron chi connectivity index (χ2n) is 6.70. The summed E-state index contributed by atoms with van der Waals surface area (Å²) in [6, 6.07) is 7.55. The van der Waals surface area contributed by atoms with Crippen LogP contribution in [0, 0.1) is 0 Å². The Morgan fingerprint density at radius 2 is 2.14 bits per heavy atom. The lowest BCUT2D eigenvalue weighted by Gasteiger charge is -2.09. The molecule has 0 unspecified atom stereocenters. The van der Waals surface area contributed by atoms with E-state index in [1.807, 2.05) is 24.3 Å². The first-order valence-electron chi connectivity index (χ1n) is 9.22. The average Bonchev–Trinajstić information content (AvgIpc) is 3.20. The van der Waals surface area contributed by atoms with Crippen molar-refractivity contribution in [2.45, 2.75) is 18.9 Å². The molecule has 3 aromatic heterocycles. The third kappa shape index (κ3) is 3.35. The van der Waals surface area contributed by atoms with Gasteiger partial charge < -0.3 is 20.4 Å². The number of anilines is 3. The summed E-state index contributed by atoms with van der Waals surface area (Å²) in [4.78, 5) is 30.0. The molecule has 0 atom stereocenters. The normalized spacial score (nSPS) is 13.4. The molecular formula is C19H18N8O2. The van der Waals surface area contributed by atoms with Crippen LogP contribution in [-0.4, -0.2) is 43.6 Å². The van der Waals surface area contributed by atoms with Gasteiger partial charge in [0.2, 0.25) is 11.8 Å². The molecule has 1 saturated carbocycles. The molecule has 29 heavy (non-hydrogen) atoms. The highest BCUT2D eigenvalue weighted by atomic mass is 16.3. The number of hydrogen-bond donors (Lipinski definition) is 3. The van der Waals surface area contributed by atoms with Crippen LogP contribution in [0.25, 0.3) is 22.6 Å². The van der Waals surface area contributed by atoms with E-state index in [-0.39, 0.29) is 12.1 Å². The Morgan fingerprint density at radius 1 is 1.24 bits per heavy atom. The highest BCUT2D eigenvalue weighted by Crippen LogP contribution is 2.26. The number of hydrogen-bond acceptors (Lipinski definition) is 8. The van der Waals surface area contributed by atoms with Gasteiger partial charge in [0.25, 0.3) is 0 Å². The van der Waals surface area contributed by atoms with Crippen LogP contribution in [-0.2, 0) is 0 Å². The van der Waals surface area contributed by atoms with Crippen molar-refractivity contribution in [3.05, 3.63) is 43.1 Å². The number of carbonyl (C=O) groups is 1. The van der Waals surface area contributed by atoms with Crippen molar-refractivity contribution < 1.29 is 9.21 Å². The lowest BCUT2D eigenvalue weighted by molar-refractivity contribution is 0.242.